The third-order valence-electron chi connectivity index (χ3n) is 6.31. The van der Waals surface area contributed by atoms with Crippen LogP contribution in [0.1, 0.15) is 46.9 Å². The number of thiophene rings is 1. The number of rotatable bonds is 4. The molecule has 0 N–H and O–H groups in total. The molecule has 0 atom stereocenters. The molecule has 0 amide bonds. The Hall–Kier alpha value is -3.43. The zero-order valence-corrected chi connectivity index (χ0v) is 18.7. The van der Waals surface area contributed by atoms with Crippen molar-refractivity contribution >= 4 is 21.6 Å². The van der Waals surface area contributed by atoms with Crippen molar-refractivity contribution in [1.82, 2.24) is 9.13 Å². The summed E-state index contributed by atoms with van der Waals surface area (Å²) in [5, 5.41) is 10.2. The first-order chi connectivity index (χ1) is 15.6. The molecule has 6 heteroatoms. The van der Waals surface area contributed by atoms with Crippen LogP contribution in [0, 0.1) is 11.3 Å². The summed E-state index contributed by atoms with van der Waals surface area (Å²) >= 11 is 1.56. The van der Waals surface area contributed by atoms with E-state index in [0.717, 1.165) is 53.6 Å². The van der Waals surface area contributed by atoms with E-state index in [4.69, 9.17) is 0 Å². The quantitative estimate of drug-likeness (QED) is 0.466. The molecule has 2 aromatic carbocycles. The minimum absolute atomic E-state index is 0.238. The number of nitrogens with zero attached hydrogens (tertiary/aromatic N) is 3. The van der Waals surface area contributed by atoms with E-state index in [-0.39, 0.29) is 17.8 Å². The molecule has 160 valence electrons. The fourth-order valence-electron chi connectivity index (χ4n) is 4.55. The van der Waals surface area contributed by atoms with E-state index in [0.29, 0.717) is 16.6 Å². The second-order valence-electron chi connectivity index (χ2n) is 8.19. The Labute approximate surface area is 189 Å². The Kier molecular flexibility index (Phi) is 5.28. The fraction of sp³-hybridized carbons (Fsp3) is 0.269. The normalized spacial score (nSPS) is 13.1. The summed E-state index contributed by atoms with van der Waals surface area (Å²) < 4.78 is 2.99. The molecule has 0 unspecified atom stereocenters. The molecule has 0 saturated carbocycles. The Morgan fingerprint density at radius 2 is 1.78 bits per heavy atom. The molecule has 4 aromatic rings. The molecule has 2 aromatic heterocycles. The maximum atomic E-state index is 13.7. The second kappa shape index (κ2) is 8.25. The molecule has 1 aliphatic rings. The lowest BCUT2D eigenvalue weighted by molar-refractivity contribution is 0.696. The average molecular weight is 442 g/mol. The number of hydrogen-bond acceptors (Lipinski definition) is 4. The van der Waals surface area contributed by atoms with Gasteiger partial charge in [0.15, 0.2) is 0 Å². The van der Waals surface area contributed by atoms with Gasteiger partial charge in [0.25, 0.3) is 5.56 Å². The predicted molar refractivity (Wildman–Crippen MR) is 128 cm³/mol. The monoisotopic (exact) mass is 441 g/mol. The minimum atomic E-state index is -0.363. The van der Waals surface area contributed by atoms with Crippen molar-refractivity contribution in [2.24, 2.45) is 0 Å². The number of hydrogen-bond donors (Lipinski definition) is 0. The van der Waals surface area contributed by atoms with Gasteiger partial charge >= 0.3 is 5.69 Å². The largest absolute Gasteiger partial charge is 0.337 e. The van der Waals surface area contributed by atoms with E-state index in [1.54, 1.807) is 22.0 Å². The van der Waals surface area contributed by atoms with Crippen molar-refractivity contribution in [2.45, 2.75) is 45.6 Å². The van der Waals surface area contributed by atoms with Crippen LogP contribution < -0.4 is 11.2 Å². The van der Waals surface area contributed by atoms with Crippen LogP contribution in [0.4, 0.5) is 0 Å². The first-order valence-corrected chi connectivity index (χ1v) is 11.8. The van der Waals surface area contributed by atoms with E-state index < -0.39 is 0 Å². The Morgan fingerprint density at radius 1 is 1.03 bits per heavy atom. The molecule has 1 aliphatic carbocycles. The van der Waals surface area contributed by atoms with E-state index >= 15 is 0 Å². The molecule has 0 saturated heterocycles. The lowest BCUT2D eigenvalue weighted by Crippen LogP contribution is -2.39. The second-order valence-corrected chi connectivity index (χ2v) is 9.27. The molecule has 5 rings (SSSR count). The molecule has 2 heterocycles. The lowest BCUT2D eigenvalue weighted by atomic mass is 9.97. The standard InChI is InChI=1S/C26H23N3O2S/c1-2-17-11-13-20(14-12-17)29-24(30)23-21-9-5-6-10-22(21)32-25(23)28(26(29)31)16-19-8-4-3-7-18(19)15-27/h3-4,7-8,11-14H,2,5-6,9-10,16H2,1H3. The Bertz CT molecular complexity index is 1480. The van der Waals surface area contributed by atoms with Gasteiger partial charge in [0.1, 0.15) is 4.83 Å². The predicted octanol–water partition coefficient (Wildman–Crippen LogP) is 4.58. The van der Waals surface area contributed by atoms with Crippen molar-refractivity contribution in [1.29, 1.82) is 5.26 Å². The molecule has 0 fully saturated rings. The number of nitriles is 1. The zero-order chi connectivity index (χ0) is 22.2. The van der Waals surface area contributed by atoms with Crippen LogP contribution in [-0.4, -0.2) is 9.13 Å². The SMILES string of the molecule is CCc1ccc(-n2c(=O)c3c4c(sc3n(Cc3ccccc3C#N)c2=O)CCCC4)cc1. The highest BCUT2D eigenvalue weighted by molar-refractivity contribution is 7.18. The molecule has 0 spiro atoms. The number of aryl methyl sites for hydroxylation is 3. The van der Waals surface area contributed by atoms with Crippen molar-refractivity contribution < 1.29 is 0 Å². The highest BCUT2D eigenvalue weighted by atomic mass is 32.1. The Morgan fingerprint density at radius 3 is 2.53 bits per heavy atom. The van der Waals surface area contributed by atoms with Crippen molar-refractivity contribution in [3.05, 3.63) is 96.5 Å². The zero-order valence-electron chi connectivity index (χ0n) is 17.9. The molecule has 0 aliphatic heterocycles. The highest BCUT2D eigenvalue weighted by Crippen LogP contribution is 2.34. The average Bonchev–Trinajstić information content (AvgIpc) is 3.22. The van der Waals surface area contributed by atoms with E-state index in [9.17, 15) is 14.9 Å². The summed E-state index contributed by atoms with van der Waals surface area (Å²) in [6.45, 7) is 2.33. The van der Waals surface area contributed by atoms with Gasteiger partial charge in [0.05, 0.1) is 29.3 Å². The third kappa shape index (κ3) is 3.30. The molecule has 5 nitrogen and oxygen atoms in total. The maximum absolute atomic E-state index is 13.7. The van der Waals surface area contributed by atoms with Gasteiger partial charge in [0.2, 0.25) is 0 Å². The van der Waals surface area contributed by atoms with Crippen LogP contribution in [0.3, 0.4) is 0 Å². The highest BCUT2D eigenvalue weighted by Gasteiger charge is 2.24. The van der Waals surface area contributed by atoms with Crippen LogP contribution >= 0.6 is 11.3 Å². The van der Waals surface area contributed by atoms with Crippen LogP contribution in [-0.2, 0) is 25.8 Å². The van der Waals surface area contributed by atoms with Crippen molar-refractivity contribution in [3.63, 3.8) is 0 Å². The van der Waals surface area contributed by atoms with Crippen molar-refractivity contribution in [3.8, 4) is 11.8 Å². The number of aromatic nitrogens is 2. The smallest absolute Gasteiger partial charge is 0.279 e. The molecule has 0 radical (unpaired) electrons. The van der Waals surface area contributed by atoms with E-state index in [1.165, 1.54) is 9.44 Å². The van der Waals surface area contributed by atoms with Crippen LogP contribution in [0.15, 0.2) is 58.1 Å². The van der Waals surface area contributed by atoms with Gasteiger partial charge in [-0.15, -0.1) is 11.3 Å². The van der Waals surface area contributed by atoms with E-state index in [1.807, 2.05) is 42.5 Å². The van der Waals surface area contributed by atoms with Gasteiger partial charge < -0.3 is 0 Å². The van der Waals surface area contributed by atoms with Crippen LogP contribution in [0.2, 0.25) is 0 Å². The van der Waals surface area contributed by atoms with Gasteiger partial charge in [-0.1, -0.05) is 37.3 Å². The summed E-state index contributed by atoms with van der Waals surface area (Å²) in [5.41, 5.74) is 3.55. The summed E-state index contributed by atoms with van der Waals surface area (Å²) in [5.74, 6) is 0. The summed E-state index contributed by atoms with van der Waals surface area (Å²) in [6.07, 6.45) is 4.86. The number of fused-ring (bicyclic) bond motifs is 3. The molecule has 32 heavy (non-hydrogen) atoms. The van der Waals surface area contributed by atoms with Gasteiger partial charge in [-0.2, -0.15) is 5.26 Å². The summed E-state index contributed by atoms with van der Waals surface area (Å²) in [7, 11) is 0. The third-order valence-corrected chi connectivity index (χ3v) is 7.62. The van der Waals surface area contributed by atoms with Gasteiger partial charge in [-0.3, -0.25) is 9.36 Å². The van der Waals surface area contributed by atoms with Gasteiger partial charge in [0, 0.05) is 4.88 Å². The summed E-state index contributed by atoms with van der Waals surface area (Å²) in [4.78, 5) is 29.3. The van der Waals surface area contributed by atoms with Gasteiger partial charge in [-0.05, 0) is 67.0 Å². The fourth-order valence-corrected chi connectivity index (χ4v) is 5.93. The molecule has 0 bridgehead atoms. The molecular formula is C26H23N3O2S. The van der Waals surface area contributed by atoms with Crippen LogP contribution in [0.5, 0.6) is 0 Å². The molecular weight excluding hydrogens is 418 g/mol. The minimum Gasteiger partial charge on any atom is -0.279 e. The maximum Gasteiger partial charge on any atom is 0.337 e. The summed E-state index contributed by atoms with van der Waals surface area (Å²) in [6, 6.07) is 17.2. The lowest BCUT2D eigenvalue weighted by Gasteiger charge is -2.14. The Balaban J connectivity index is 1.82. The number of benzene rings is 2. The van der Waals surface area contributed by atoms with Crippen molar-refractivity contribution in [2.75, 3.05) is 0 Å². The van der Waals surface area contributed by atoms with E-state index in [2.05, 4.69) is 13.0 Å². The first-order valence-electron chi connectivity index (χ1n) is 11.0. The topological polar surface area (TPSA) is 67.8 Å². The first kappa shape index (κ1) is 20.5. The van der Waals surface area contributed by atoms with Gasteiger partial charge in [-0.25, -0.2) is 9.36 Å². The van der Waals surface area contributed by atoms with Crippen LogP contribution in [0.25, 0.3) is 15.9 Å².